The first-order valence-corrected chi connectivity index (χ1v) is 6.66. The van der Waals surface area contributed by atoms with Gasteiger partial charge in [0.05, 0.1) is 12.1 Å². The van der Waals surface area contributed by atoms with Crippen LogP contribution in [0.3, 0.4) is 0 Å². The Kier molecular flexibility index (Phi) is 4.80. The highest BCUT2D eigenvalue weighted by Gasteiger charge is 2.33. The van der Waals surface area contributed by atoms with E-state index in [4.69, 9.17) is 0 Å². The topological polar surface area (TPSA) is 81.7 Å². The SMILES string of the molecule is N#CC(C(=O)C(=O)C(C#N)c1ccccc1)c1ccccc1. The van der Waals surface area contributed by atoms with Gasteiger partial charge >= 0.3 is 0 Å². The first-order valence-electron chi connectivity index (χ1n) is 6.66. The van der Waals surface area contributed by atoms with Gasteiger partial charge in [-0.25, -0.2) is 0 Å². The monoisotopic (exact) mass is 288 g/mol. The van der Waals surface area contributed by atoms with Crippen molar-refractivity contribution in [3.05, 3.63) is 71.8 Å². The summed E-state index contributed by atoms with van der Waals surface area (Å²) in [6, 6.07) is 20.4. The lowest BCUT2D eigenvalue weighted by Gasteiger charge is -2.11. The van der Waals surface area contributed by atoms with E-state index < -0.39 is 23.4 Å². The number of ketones is 2. The van der Waals surface area contributed by atoms with Gasteiger partial charge in [0, 0.05) is 0 Å². The molecule has 0 aliphatic heterocycles. The Balaban J connectivity index is 2.30. The van der Waals surface area contributed by atoms with Crippen LogP contribution in [0.4, 0.5) is 0 Å². The number of hydrogen-bond acceptors (Lipinski definition) is 4. The molecule has 2 atom stereocenters. The number of benzene rings is 2. The molecule has 2 rings (SSSR count). The fraction of sp³-hybridized carbons (Fsp3) is 0.111. The van der Waals surface area contributed by atoms with E-state index in [1.54, 1.807) is 60.7 Å². The van der Waals surface area contributed by atoms with Gasteiger partial charge in [-0.2, -0.15) is 10.5 Å². The minimum atomic E-state index is -1.19. The van der Waals surface area contributed by atoms with Crippen LogP contribution in [0.2, 0.25) is 0 Å². The van der Waals surface area contributed by atoms with Crippen molar-refractivity contribution in [3.8, 4) is 12.1 Å². The zero-order chi connectivity index (χ0) is 15.9. The molecule has 2 aromatic carbocycles. The Morgan fingerprint density at radius 1 is 0.682 bits per heavy atom. The second-order valence-corrected chi connectivity index (χ2v) is 4.67. The van der Waals surface area contributed by atoms with Crippen LogP contribution in [-0.2, 0) is 9.59 Å². The first kappa shape index (κ1) is 15.2. The maximum atomic E-state index is 12.3. The Morgan fingerprint density at radius 2 is 1.00 bits per heavy atom. The first-order chi connectivity index (χ1) is 10.7. The average Bonchev–Trinajstić information content (AvgIpc) is 2.58. The lowest BCUT2D eigenvalue weighted by Crippen LogP contribution is -2.26. The van der Waals surface area contributed by atoms with Gasteiger partial charge in [0.2, 0.25) is 11.6 Å². The van der Waals surface area contributed by atoms with E-state index in [0.29, 0.717) is 11.1 Å². The Labute approximate surface area is 128 Å². The van der Waals surface area contributed by atoms with E-state index in [9.17, 15) is 20.1 Å². The number of Topliss-reactive ketones (excluding diaryl/α,β-unsaturated/α-hetero) is 2. The summed E-state index contributed by atoms with van der Waals surface area (Å²) in [4.78, 5) is 24.7. The molecule has 0 aliphatic rings. The maximum Gasteiger partial charge on any atom is 0.221 e. The van der Waals surface area contributed by atoms with Crippen molar-refractivity contribution in [3.63, 3.8) is 0 Å². The predicted molar refractivity (Wildman–Crippen MR) is 79.6 cm³/mol. The molecule has 2 unspecified atom stereocenters. The van der Waals surface area contributed by atoms with E-state index in [1.165, 1.54) is 0 Å². The molecule has 4 heteroatoms. The highest BCUT2D eigenvalue weighted by Crippen LogP contribution is 2.22. The van der Waals surface area contributed by atoms with E-state index in [1.807, 2.05) is 12.1 Å². The third kappa shape index (κ3) is 3.08. The quantitative estimate of drug-likeness (QED) is 0.792. The number of rotatable bonds is 5. The third-order valence-electron chi connectivity index (χ3n) is 3.29. The summed E-state index contributed by atoms with van der Waals surface area (Å²) in [5.41, 5.74) is 0.904. The molecule has 106 valence electrons. The summed E-state index contributed by atoms with van der Waals surface area (Å²) in [5, 5.41) is 18.4. The summed E-state index contributed by atoms with van der Waals surface area (Å²) in [7, 11) is 0. The van der Waals surface area contributed by atoms with Crippen molar-refractivity contribution < 1.29 is 9.59 Å². The zero-order valence-electron chi connectivity index (χ0n) is 11.6. The van der Waals surface area contributed by atoms with Gasteiger partial charge in [-0.15, -0.1) is 0 Å². The fourth-order valence-corrected chi connectivity index (χ4v) is 2.14. The summed E-state index contributed by atoms with van der Waals surface area (Å²) in [5.74, 6) is -4.09. The molecule has 0 amide bonds. The predicted octanol–water partition coefficient (Wildman–Crippen LogP) is 2.74. The molecule has 0 bridgehead atoms. The largest absolute Gasteiger partial charge is 0.289 e. The number of hydrogen-bond donors (Lipinski definition) is 0. The molecule has 0 N–H and O–H groups in total. The highest BCUT2D eigenvalue weighted by atomic mass is 16.2. The lowest BCUT2D eigenvalue weighted by atomic mass is 9.86. The molecular weight excluding hydrogens is 276 g/mol. The van der Waals surface area contributed by atoms with Gasteiger partial charge in [-0.05, 0) is 11.1 Å². The molecule has 0 saturated heterocycles. The van der Waals surface area contributed by atoms with E-state index in [-0.39, 0.29) is 0 Å². The van der Waals surface area contributed by atoms with E-state index >= 15 is 0 Å². The Bertz CT molecular complexity index is 688. The molecule has 0 aromatic heterocycles. The van der Waals surface area contributed by atoms with Crippen molar-refractivity contribution in [1.29, 1.82) is 10.5 Å². The van der Waals surface area contributed by atoms with Crippen LogP contribution in [0, 0.1) is 22.7 Å². The molecule has 4 nitrogen and oxygen atoms in total. The summed E-state index contributed by atoms with van der Waals surface area (Å²) < 4.78 is 0. The molecule has 22 heavy (non-hydrogen) atoms. The third-order valence-corrected chi connectivity index (χ3v) is 3.29. The molecule has 0 radical (unpaired) electrons. The number of carbonyl (C=O) groups excluding carboxylic acids is 2. The second-order valence-electron chi connectivity index (χ2n) is 4.67. The van der Waals surface area contributed by atoms with Crippen LogP contribution < -0.4 is 0 Å². The summed E-state index contributed by atoms with van der Waals surface area (Å²) >= 11 is 0. The van der Waals surface area contributed by atoms with Crippen molar-refractivity contribution in [2.75, 3.05) is 0 Å². The molecule has 0 aliphatic carbocycles. The molecule has 0 heterocycles. The lowest BCUT2D eigenvalue weighted by molar-refractivity contribution is -0.137. The minimum Gasteiger partial charge on any atom is -0.289 e. The van der Waals surface area contributed by atoms with Gasteiger partial charge in [0.25, 0.3) is 0 Å². The van der Waals surface area contributed by atoms with E-state index in [0.717, 1.165) is 0 Å². The van der Waals surface area contributed by atoms with Crippen molar-refractivity contribution >= 4 is 11.6 Å². The van der Waals surface area contributed by atoms with Crippen molar-refractivity contribution in [1.82, 2.24) is 0 Å². The molecule has 0 fully saturated rings. The highest BCUT2D eigenvalue weighted by molar-refractivity contribution is 6.42. The van der Waals surface area contributed by atoms with Gasteiger partial charge in [-0.1, -0.05) is 60.7 Å². The Hall–Kier alpha value is -3.24. The van der Waals surface area contributed by atoms with Gasteiger partial charge < -0.3 is 0 Å². The van der Waals surface area contributed by atoms with Crippen LogP contribution in [0.5, 0.6) is 0 Å². The molecule has 0 spiro atoms. The van der Waals surface area contributed by atoms with Crippen LogP contribution >= 0.6 is 0 Å². The van der Waals surface area contributed by atoms with Crippen molar-refractivity contribution in [2.45, 2.75) is 11.8 Å². The fourth-order valence-electron chi connectivity index (χ4n) is 2.14. The molecule has 0 saturated carbocycles. The summed E-state index contributed by atoms with van der Waals surface area (Å²) in [6.07, 6.45) is 0. The van der Waals surface area contributed by atoms with Crippen LogP contribution in [0.1, 0.15) is 23.0 Å². The standard InChI is InChI=1S/C18H12N2O2/c19-11-15(13-7-3-1-4-8-13)17(21)18(22)16(12-20)14-9-5-2-6-10-14/h1-10,15-16H. The molecular formula is C18H12N2O2. The van der Waals surface area contributed by atoms with Gasteiger partial charge in [0.1, 0.15) is 11.8 Å². The van der Waals surface area contributed by atoms with Gasteiger partial charge in [0.15, 0.2) is 0 Å². The van der Waals surface area contributed by atoms with E-state index in [2.05, 4.69) is 0 Å². The normalized spacial score (nSPS) is 12.5. The minimum absolute atomic E-state index is 0.452. The van der Waals surface area contributed by atoms with Crippen LogP contribution in [0.15, 0.2) is 60.7 Å². The number of nitriles is 2. The second kappa shape index (κ2) is 6.97. The van der Waals surface area contributed by atoms with Gasteiger partial charge in [-0.3, -0.25) is 9.59 Å². The zero-order valence-corrected chi connectivity index (χ0v) is 11.6. The number of carbonyl (C=O) groups is 2. The van der Waals surface area contributed by atoms with Crippen molar-refractivity contribution in [2.24, 2.45) is 0 Å². The maximum absolute atomic E-state index is 12.3. The Morgan fingerprint density at radius 3 is 1.27 bits per heavy atom. The number of nitrogens with zero attached hydrogens (tertiary/aromatic N) is 2. The molecule has 2 aromatic rings. The summed E-state index contributed by atoms with van der Waals surface area (Å²) in [6.45, 7) is 0. The average molecular weight is 288 g/mol. The smallest absolute Gasteiger partial charge is 0.221 e. The van der Waals surface area contributed by atoms with Crippen LogP contribution in [0.25, 0.3) is 0 Å². The van der Waals surface area contributed by atoms with Crippen LogP contribution in [-0.4, -0.2) is 11.6 Å².